The Balaban J connectivity index is 1.44. The van der Waals surface area contributed by atoms with Crippen molar-refractivity contribution < 1.29 is 32.1 Å². The molecule has 256 valence electrons. The highest BCUT2D eigenvalue weighted by Crippen LogP contribution is 2.41. The Labute approximate surface area is 287 Å². The zero-order valence-electron chi connectivity index (χ0n) is 27.5. The summed E-state index contributed by atoms with van der Waals surface area (Å²) in [5.74, 6) is 0.854. The molecule has 5 atom stereocenters. The van der Waals surface area contributed by atoms with Crippen molar-refractivity contribution in [3.05, 3.63) is 89.0 Å². The third-order valence-corrected chi connectivity index (χ3v) is 11.5. The Morgan fingerprint density at radius 1 is 0.936 bits per heavy atom. The molecule has 2 heterocycles. The van der Waals surface area contributed by atoms with Crippen LogP contribution in [0.25, 0.3) is 0 Å². The van der Waals surface area contributed by atoms with Gasteiger partial charge in [-0.25, -0.2) is 8.42 Å². The van der Waals surface area contributed by atoms with Crippen LogP contribution >= 0.6 is 15.9 Å². The molecule has 0 aromatic heterocycles. The lowest BCUT2D eigenvalue weighted by Gasteiger charge is -2.40. The fourth-order valence-electron chi connectivity index (χ4n) is 6.24. The van der Waals surface area contributed by atoms with E-state index in [1.807, 2.05) is 37.3 Å². The first-order valence-electron chi connectivity index (χ1n) is 16.3. The van der Waals surface area contributed by atoms with E-state index >= 15 is 0 Å². The summed E-state index contributed by atoms with van der Waals surface area (Å²) in [4.78, 5) is 0.225. The summed E-state index contributed by atoms with van der Waals surface area (Å²) in [6.07, 6.45) is 1.37. The normalized spacial score (nSPS) is 21.8. The molecule has 0 spiro atoms. The molecule has 1 saturated heterocycles. The van der Waals surface area contributed by atoms with Crippen molar-refractivity contribution in [2.24, 2.45) is 5.92 Å². The zero-order valence-corrected chi connectivity index (χ0v) is 29.9. The number of rotatable bonds is 16. The van der Waals surface area contributed by atoms with Crippen LogP contribution in [0, 0.1) is 12.8 Å². The number of methoxy groups -OCH3 is 2. The van der Waals surface area contributed by atoms with Crippen LogP contribution in [0.3, 0.4) is 0 Å². The van der Waals surface area contributed by atoms with Gasteiger partial charge in [-0.2, -0.15) is 0 Å². The summed E-state index contributed by atoms with van der Waals surface area (Å²) < 4.78 is 57.9. The van der Waals surface area contributed by atoms with Gasteiger partial charge in [-0.3, -0.25) is 0 Å². The van der Waals surface area contributed by atoms with Crippen molar-refractivity contribution in [3.63, 3.8) is 0 Å². The molecule has 5 rings (SSSR count). The van der Waals surface area contributed by atoms with Crippen LogP contribution in [0.15, 0.2) is 71.6 Å². The van der Waals surface area contributed by atoms with Crippen molar-refractivity contribution in [1.82, 2.24) is 5.32 Å². The van der Waals surface area contributed by atoms with Crippen molar-refractivity contribution >= 4 is 31.5 Å². The molecule has 2 unspecified atom stereocenters. The number of halogens is 1. The van der Waals surface area contributed by atoms with Gasteiger partial charge in [0.25, 0.3) is 0 Å². The molecular formula is C36H47BrN2O7S. The average molecular weight is 732 g/mol. The maximum Gasteiger partial charge on any atom is 0.209 e. The number of anilines is 1. The van der Waals surface area contributed by atoms with Gasteiger partial charge in [0.15, 0.2) is 5.44 Å². The van der Waals surface area contributed by atoms with Crippen molar-refractivity contribution in [1.29, 1.82) is 0 Å². The van der Waals surface area contributed by atoms with Crippen LogP contribution in [0.4, 0.5) is 5.69 Å². The second-order valence-electron chi connectivity index (χ2n) is 12.3. The number of benzene rings is 3. The van der Waals surface area contributed by atoms with E-state index in [-0.39, 0.29) is 22.8 Å². The molecule has 2 aliphatic heterocycles. The highest BCUT2D eigenvalue weighted by molar-refractivity contribution is 9.09. The molecule has 2 aliphatic rings. The smallest absolute Gasteiger partial charge is 0.209 e. The lowest BCUT2D eigenvalue weighted by molar-refractivity contribution is -0.0112. The molecule has 3 aromatic carbocycles. The van der Waals surface area contributed by atoms with Gasteiger partial charge in [-0.15, -0.1) is 0 Å². The average Bonchev–Trinajstić information content (AvgIpc) is 3.09. The summed E-state index contributed by atoms with van der Waals surface area (Å²) in [6.45, 7) is 6.15. The molecule has 0 radical (unpaired) electrons. The van der Waals surface area contributed by atoms with Crippen molar-refractivity contribution in [3.8, 4) is 5.75 Å². The lowest BCUT2D eigenvalue weighted by atomic mass is 9.80. The summed E-state index contributed by atoms with van der Waals surface area (Å²) >= 11 is 3.72. The SMILES string of the molecule is COCCCC1CNc2cc(C(O[C@H]3CNC[C@@H](CBr)[C@@H]3c3ccc(COCCOC)cc3)S(=O)(=O)c3ccc(C)cc3)ccc2O1. The van der Waals surface area contributed by atoms with Gasteiger partial charge < -0.3 is 34.3 Å². The van der Waals surface area contributed by atoms with Gasteiger partial charge in [-0.1, -0.05) is 64.0 Å². The van der Waals surface area contributed by atoms with Gasteiger partial charge >= 0.3 is 0 Å². The number of ether oxygens (including phenoxy) is 5. The maximum atomic E-state index is 14.4. The minimum atomic E-state index is -3.95. The van der Waals surface area contributed by atoms with Gasteiger partial charge in [0, 0.05) is 38.6 Å². The van der Waals surface area contributed by atoms with Crippen LogP contribution in [0.5, 0.6) is 5.75 Å². The van der Waals surface area contributed by atoms with Crippen LogP contribution in [-0.4, -0.2) is 79.6 Å². The first-order chi connectivity index (χ1) is 22.8. The van der Waals surface area contributed by atoms with Crippen LogP contribution in [0.2, 0.25) is 0 Å². The third-order valence-electron chi connectivity index (χ3n) is 8.82. The topological polar surface area (TPSA) is 104 Å². The van der Waals surface area contributed by atoms with E-state index in [0.717, 1.165) is 47.1 Å². The van der Waals surface area contributed by atoms with Crippen molar-refractivity contribution in [2.45, 2.75) is 54.8 Å². The quantitative estimate of drug-likeness (QED) is 0.135. The second kappa shape index (κ2) is 17.2. The number of fused-ring (bicyclic) bond motifs is 1. The Morgan fingerprint density at radius 3 is 2.43 bits per heavy atom. The Kier molecular flexibility index (Phi) is 13.1. The number of hydrogen-bond donors (Lipinski definition) is 2. The summed E-state index contributed by atoms with van der Waals surface area (Å²) in [6, 6.07) is 20.9. The molecule has 47 heavy (non-hydrogen) atoms. The van der Waals surface area contributed by atoms with Crippen molar-refractivity contribution in [2.75, 3.05) is 64.3 Å². The summed E-state index contributed by atoms with van der Waals surface area (Å²) in [5, 5.41) is 7.70. The largest absolute Gasteiger partial charge is 0.486 e. The molecule has 11 heteroatoms. The molecule has 0 bridgehead atoms. The first kappa shape index (κ1) is 35.8. The van der Waals surface area contributed by atoms with E-state index in [1.54, 1.807) is 26.4 Å². The molecule has 0 aliphatic carbocycles. The Hall–Kier alpha value is -2.51. The highest BCUT2D eigenvalue weighted by Gasteiger charge is 2.40. The van der Waals surface area contributed by atoms with E-state index in [9.17, 15) is 8.42 Å². The number of piperidine rings is 1. The molecule has 3 aromatic rings. The predicted octanol–water partition coefficient (Wildman–Crippen LogP) is 6.01. The monoisotopic (exact) mass is 730 g/mol. The summed E-state index contributed by atoms with van der Waals surface area (Å²) in [7, 11) is -0.590. The number of hydrogen-bond acceptors (Lipinski definition) is 9. The molecule has 2 N–H and O–H groups in total. The minimum absolute atomic E-state index is 0.0189. The van der Waals surface area contributed by atoms with Gasteiger partial charge in [-0.05, 0) is 73.2 Å². The molecule has 1 fully saturated rings. The van der Waals surface area contributed by atoms with E-state index in [1.165, 1.54) is 0 Å². The predicted molar refractivity (Wildman–Crippen MR) is 187 cm³/mol. The van der Waals surface area contributed by atoms with Gasteiger partial charge in [0.1, 0.15) is 11.9 Å². The van der Waals surface area contributed by atoms with E-state index in [4.69, 9.17) is 23.7 Å². The minimum Gasteiger partial charge on any atom is -0.486 e. The maximum absolute atomic E-state index is 14.4. The van der Waals surface area contributed by atoms with Crippen LogP contribution in [-0.2, 0) is 35.4 Å². The highest BCUT2D eigenvalue weighted by atomic mass is 79.9. The van der Waals surface area contributed by atoms with E-state index < -0.39 is 21.4 Å². The molecule has 0 saturated carbocycles. The van der Waals surface area contributed by atoms with Crippen LogP contribution < -0.4 is 15.4 Å². The fraction of sp³-hybridized carbons (Fsp3) is 0.500. The molecule has 9 nitrogen and oxygen atoms in total. The fourth-order valence-corrected chi connectivity index (χ4v) is 8.43. The zero-order chi connectivity index (χ0) is 33.2. The summed E-state index contributed by atoms with van der Waals surface area (Å²) in [5.41, 5.74) is 3.25. The molecular weight excluding hydrogens is 684 g/mol. The number of nitrogens with one attached hydrogen (secondary N) is 2. The first-order valence-corrected chi connectivity index (χ1v) is 18.9. The lowest BCUT2D eigenvalue weighted by Crippen LogP contribution is -2.48. The molecule has 0 amide bonds. The third kappa shape index (κ3) is 9.14. The Morgan fingerprint density at radius 2 is 1.70 bits per heavy atom. The second-order valence-corrected chi connectivity index (χ2v) is 14.9. The van der Waals surface area contributed by atoms with E-state index in [2.05, 4.69) is 50.8 Å². The Bertz CT molecular complexity index is 1520. The van der Waals surface area contributed by atoms with Gasteiger partial charge in [0.2, 0.25) is 9.84 Å². The number of sulfone groups is 1. The number of aryl methyl sites for hydroxylation is 1. The number of alkyl halides is 1. The standard InChI is InChI=1S/C36H47BrN2O7S/c1-25-6-13-31(14-7-25)47(40,41)36(28-12-15-33-32(19-28)39-22-30(45-33)5-4-16-42-2)46-34-23-38-21-29(20-37)35(34)27-10-8-26(9-11-27)24-44-18-17-43-3/h6-15,19,29-30,34-36,38-39H,4-5,16-18,20-24H2,1-3H3/t29-,30?,34+,35+,36?/m1/s1. The van der Waals surface area contributed by atoms with Crippen LogP contribution in [0.1, 0.15) is 46.4 Å². The van der Waals surface area contributed by atoms with E-state index in [0.29, 0.717) is 50.8 Å². The van der Waals surface area contributed by atoms with Gasteiger partial charge in [0.05, 0.1) is 43.1 Å².